The zero-order valence-electron chi connectivity index (χ0n) is 14.4. The fraction of sp³-hybridized carbons (Fsp3) is 0.368. The topological polar surface area (TPSA) is 62.2 Å². The van der Waals surface area contributed by atoms with Crippen molar-refractivity contribution in [2.24, 2.45) is 0 Å². The van der Waals surface area contributed by atoms with Crippen molar-refractivity contribution in [2.45, 2.75) is 18.9 Å². The van der Waals surface area contributed by atoms with E-state index in [0.717, 1.165) is 16.7 Å². The third kappa shape index (κ3) is 2.10. The molecule has 1 aliphatic carbocycles. The van der Waals surface area contributed by atoms with Crippen molar-refractivity contribution in [3.05, 3.63) is 34.6 Å². The number of phenolic OH excluding ortho intramolecular Hbond substituents is 2. The number of methoxy groups -OCH3 is 2. The first-order chi connectivity index (χ1) is 12.0. The van der Waals surface area contributed by atoms with Crippen molar-refractivity contribution in [2.75, 3.05) is 27.8 Å². The summed E-state index contributed by atoms with van der Waals surface area (Å²) >= 11 is 0. The normalized spacial score (nSPS) is 18.5. The first kappa shape index (κ1) is 16.0. The van der Waals surface area contributed by atoms with E-state index in [1.54, 1.807) is 12.1 Å². The molecule has 1 atom stereocenters. The van der Waals surface area contributed by atoms with Gasteiger partial charge in [0.15, 0.2) is 28.8 Å². The maximum atomic E-state index is 14.7. The lowest BCUT2D eigenvalue weighted by Crippen LogP contribution is -2.36. The highest BCUT2D eigenvalue weighted by Gasteiger charge is 2.38. The second-order valence-corrected chi connectivity index (χ2v) is 6.59. The zero-order valence-corrected chi connectivity index (χ0v) is 14.4. The van der Waals surface area contributed by atoms with Crippen LogP contribution in [0.4, 0.5) is 4.39 Å². The summed E-state index contributed by atoms with van der Waals surface area (Å²) in [7, 11) is 4.91. The molecule has 2 aliphatic rings. The van der Waals surface area contributed by atoms with E-state index in [4.69, 9.17) is 9.47 Å². The summed E-state index contributed by atoms with van der Waals surface area (Å²) in [5.41, 5.74) is 3.81. The molecule has 5 nitrogen and oxygen atoms in total. The highest BCUT2D eigenvalue weighted by molar-refractivity contribution is 5.85. The minimum absolute atomic E-state index is 0.0250. The van der Waals surface area contributed by atoms with Crippen LogP contribution < -0.4 is 9.47 Å². The number of aromatic hydroxyl groups is 2. The monoisotopic (exact) mass is 345 g/mol. The third-order valence-corrected chi connectivity index (χ3v) is 5.38. The Morgan fingerprint density at radius 1 is 1.20 bits per heavy atom. The van der Waals surface area contributed by atoms with Crippen molar-refractivity contribution < 1.29 is 24.1 Å². The lowest BCUT2D eigenvalue weighted by molar-refractivity contribution is 0.223. The minimum atomic E-state index is -0.595. The molecule has 132 valence electrons. The summed E-state index contributed by atoms with van der Waals surface area (Å²) in [5.74, 6) is -0.526. The number of hydrogen-bond donors (Lipinski definition) is 2. The van der Waals surface area contributed by atoms with Crippen molar-refractivity contribution in [1.82, 2.24) is 4.90 Å². The molecular formula is C19H20FNO4. The Morgan fingerprint density at radius 3 is 2.64 bits per heavy atom. The van der Waals surface area contributed by atoms with E-state index in [0.29, 0.717) is 36.3 Å². The number of rotatable bonds is 2. The van der Waals surface area contributed by atoms with Gasteiger partial charge in [-0.1, -0.05) is 0 Å². The molecule has 25 heavy (non-hydrogen) atoms. The van der Waals surface area contributed by atoms with Crippen LogP contribution in [0.5, 0.6) is 23.0 Å². The van der Waals surface area contributed by atoms with Gasteiger partial charge in [-0.25, -0.2) is 4.39 Å². The average Bonchev–Trinajstić information content (AvgIpc) is 2.60. The quantitative estimate of drug-likeness (QED) is 0.876. The lowest BCUT2D eigenvalue weighted by atomic mass is 9.76. The molecule has 2 aromatic rings. The van der Waals surface area contributed by atoms with Crippen molar-refractivity contribution in [1.29, 1.82) is 0 Å². The molecule has 1 unspecified atom stereocenters. The molecule has 0 radical (unpaired) electrons. The number of nitrogens with zero attached hydrogens (tertiary/aromatic N) is 1. The molecule has 1 aliphatic heterocycles. The van der Waals surface area contributed by atoms with Gasteiger partial charge in [0.25, 0.3) is 0 Å². The van der Waals surface area contributed by atoms with Gasteiger partial charge in [0.2, 0.25) is 0 Å². The zero-order chi connectivity index (χ0) is 17.9. The predicted molar refractivity (Wildman–Crippen MR) is 91.0 cm³/mol. The second kappa shape index (κ2) is 5.52. The maximum Gasteiger partial charge on any atom is 0.195 e. The lowest BCUT2D eigenvalue weighted by Gasteiger charge is -2.40. The van der Waals surface area contributed by atoms with Crippen LogP contribution in [0.15, 0.2) is 12.1 Å². The SMILES string of the molecule is COc1cc2c(cc1O)CC1c3c(c(F)c(O)c(OC)c3-2)CCN1C. The number of phenols is 2. The average molecular weight is 345 g/mol. The van der Waals surface area contributed by atoms with Gasteiger partial charge in [0.05, 0.1) is 14.2 Å². The van der Waals surface area contributed by atoms with E-state index in [1.165, 1.54) is 14.2 Å². The molecule has 0 fully saturated rings. The molecule has 0 aromatic heterocycles. The summed E-state index contributed by atoms with van der Waals surface area (Å²) < 4.78 is 25.4. The molecule has 0 spiro atoms. The molecule has 0 saturated carbocycles. The van der Waals surface area contributed by atoms with Gasteiger partial charge in [-0.05, 0) is 54.3 Å². The summed E-state index contributed by atoms with van der Waals surface area (Å²) in [6, 6.07) is 3.38. The van der Waals surface area contributed by atoms with Crippen LogP contribution in [0.25, 0.3) is 11.1 Å². The summed E-state index contributed by atoms with van der Waals surface area (Å²) in [4.78, 5) is 2.17. The molecular weight excluding hydrogens is 325 g/mol. The Labute approximate surface area is 145 Å². The fourth-order valence-electron chi connectivity index (χ4n) is 4.14. The van der Waals surface area contributed by atoms with E-state index < -0.39 is 11.6 Å². The predicted octanol–water partition coefficient (Wildman–Crippen LogP) is 3.01. The van der Waals surface area contributed by atoms with E-state index in [9.17, 15) is 14.6 Å². The van der Waals surface area contributed by atoms with Gasteiger partial charge in [-0.3, -0.25) is 4.90 Å². The van der Waals surface area contributed by atoms with Crippen LogP contribution in [0.1, 0.15) is 22.7 Å². The number of benzene rings is 2. The molecule has 4 rings (SSSR count). The van der Waals surface area contributed by atoms with E-state index in [2.05, 4.69) is 4.90 Å². The number of halogens is 1. The third-order valence-electron chi connectivity index (χ3n) is 5.38. The van der Waals surface area contributed by atoms with Crippen molar-refractivity contribution in [3.8, 4) is 34.1 Å². The number of fused-ring (bicyclic) bond motifs is 2. The Hall–Kier alpha value is -2.47. The second-order valence-electron chi connectivity index (χ2n) is 6.59. The Kier molecular flexibility index (Phi) is 3.54. The first-order valence-corrected chi connectivity index (χ1v) is 8.19. The molecule has 0 amide bonds. The van der Waals surface area contributed by atoms with Gasteiger partial charge in [0.1, 0.15) is 0 Å². The number of hydrogen-bond acceptors (Lipinski definition) is 5. The standard InChI is InChI=1S/C19H20FNO4/c1-21-5-4-10-15-12(21)6-9-7-13(22)14(24-2)8-11(9)16(15)19(25-3)18(23)17(10)20/h7-8,12,22-23H,4-6H2,1-3H3. The summed E-state index contributed by atoms with van der Waals surface area (Å²) in [6.45, 7) is 0.706. The molecule has 2 N–H and O–H groups in total. The number of ether oxygens (including phenoxy) is 2. The minimum Gasteiger partial charge on any atom is -0.504 e. The van der Waals surface area contributed by atoms with Crippen LogP contribution in [-0.2, 0) is 12.8 Å². The first-order valence-electron chi connectivity index (χ1n) is 8.19. The fourth-order valence-corrected chi connectivity index (χ4v) is 4.14. The van der Waals surface area contributed by atoms with Crippen LogP contribution in [0.2, 0.25) is 0 Å². The van der Waals surface area contributed by atoms with Crippen molar-refractivity contribution in [3.63, 3.8) is 0 Å². The Morgan fingerprint density at radius 2 is 1.96 bits per heavy atom. The van der Waals surface area contributed by atoms with Gasteiger partial charge < -0.3 is 19.7 Å². The van der Waals surface area contributed by atoms with E-state index in [-0.39, 0.29) is 17.5 Å². The van der Waals surface area contributed by atoms with Crippen LogP contribution in [-0.4, -0.2) is 42.9 Å². The Balaban J connectivity index is 2.11. The van der Waals surface area contributed by atoms with Gasteiger partial charge in [-0.15, -0.1) is 0 Å². The van der Waals surface area contributed by atoms with Gasteiger partial charge in [-0.2, -0.15) is 0 Å². The smallest absolute Gasteiger partial charge is 0.195 e. The molecule has 0 bridgehead atoms. The van der Waals surface area contributed by atoms with Crippen LogP contribution in [0.3, 0.4) is 0 Å². The highest BCUT2D eigenvalue weighted by Crippen LogP contribution is 2.54. The largest absolute Gasteiger partial charge is 0.504 e. The Bertz CT molecular complexity index is 881. The molecule has 1 heterocycles. The number of likely N-dealkylation sites (N-methyl/N-ethyl adjacent to an activating group) is 1. The van der Waals surface area contributed by atoms with E-state index >= 15 is 0 Å². The van der Waals surface area contributed by atoms with Crippen LogP contribution in [0, 0.1) is 5.82 Å². The van der Waals surface area contributed by atoms with E-state index in [1.807, 2.05) is 7.05 Å². The molecule has 0 saturated heterocycles. The van der Waals surface area contributed by atoms with Gasteiger partial charge in [0, 0.05) is 18.2 Å². The highest BCUT2D eigenvalue weighted by atomic mass is 19.1. The molecule has 2 aromatic carbocycles. The van der Waals surface area contributed by atoms with Crippen molar-refractivity contribution >= 4 is 0 Å². The van der Waals surface area contributed by atoms with Crippen LogP contribution >= 0.6 is 0 Å². The summed E-state index contributed by atoms with van der Waals surface area (Å²) in [5, 5.41) is 20.5. The van der Waals surface area contributed by atoms with Gasteiger partial charge >= 0.3 is 0 Å². The molecule has 6 heteroatoms. The maximum absolute atomic E-state index is 14.7. The summed E-state index contributed by atoms with van der Waals surface area (Å²) in [6.07, 6.45) is 1.18.